The van der Waals surface area contributed by atoms with Gasteiger partial charge < -0.3 is 29.0 Å². The van der Waals surface area contributed by atoms with Gasteiger partial charge in [-0.05, 0) is 37.8 Å². The molecule has 0 radical (unpaired) electrons. The van der Waals surface area contributed by atoms with Gasteiger partial charge in [0.25, 0.3) is 0 Å². The summed E-state index contributed by atoms with van der Waals surface area (Å²) in [7, 11) is 3.15. The molecule has 1 aliphatic carbocycles. The van der Waals surface area contributed by atoms with Gasteiger partial charge in [0.2, 0.25) is 5.89 Å². The number of amides is 2. The summed E-state index contributed by atoms with van der Waals surface area (Å²) < 4.78 is 21.8. The second-order valence-electron chi connectivity index (χ2n) is 7.65. The van der Waals surface area contributed by atoms with Crippen LogP contribution in [-0.2, 0) is 11.2 Å². The van der Waals surface area contributed by atoms with E-state index in [0.717, 1.165) is 31.6 Å². The lowest BCUT2D eigenvalue weighted by Gasteiger charge is -2.32. The van der Waals surface area contributed by atoms with Crippen LogP contribution in [0.3, 0.4) is 0 Å². The lowest BCUT2D eigenvalue weighted by Crippen LogP contribution is -2.45. The van der Waals surface area contributed by atoms with Crippen LogP contribution in [0.15, 0.2) is 22.7 Å². The minimum Gasteiger partial charge on any atom is -0.497 e. The third-order valence-electron chi connectivity index (χ3n) is 5.40. The summed E-state index contributed by atoms with van der Waals surface area (Å²) in [6, 6.07) is 5.12. The van der Waals surface area contributed by atoms with Gasteiger partial charge in [-0.25, -0.2) is 4.79 Å². The lowest BCUT2D eigenvalue weighted by molar-refractivity contribution is 0.0120. The lowest BCUT2D eigenvalue weighted by atomic mass is 10.1. The molecular weight excluding hydrogens is 388 g/mol. The quantitative estimate of drug-likeness (QED) is 0.705. The first-order valence-electron chi connectivity index (χ1n) is 10.4. The Balaban J connectivity index is 1.27. The molecule has 2 heterocycles. The Hall–Kier alpha value is -2.81. The van der Waals surface area contributed by atoms with Gasteiger partial charge in [-0.3, -0.25) is 0 Å². The molecule has 9 nitrogen and oxygen atoms in total. The number of likely N-dealkylation sites (tertiary alicyclic amines) is 1. The van der Waals surface area contributed by atoms with Crippen molar-refractivity contribution >= 4 is 11.7 Å². The van der Waals surface area contributed by atoms with Crippen LogP contribution in [0.2, 0.25) is 0 Å². The minimum absolute atomic E-state index is 0.00786. The summed E-state index contributed by atoms with van der Waals surface area (Å²) in [6.45, 7) is 1.73. The molecule has 1 aliphatic heterocycles. The first kappa shape index (κ1) is 20.5. The summed E-state index contributed by atoms with van der Waals surface area (Å²) >= 11 is 0. The van der Waals surface area contributed by atoms with E-state index in [-0.39, 0.29) is 12.1 Å². The van der Waals surface area contributed by atoms with E-state index >= 15 is 0 Å². The third kappa shape index (κ3) is 5.02. The van der Waals surface area contributed by atoms with E-state index in [0.29, 0.717) is 55.0 Å². The summed E-state index contributed by atoms with van der Waals surface area (Å²) in [5.74, 6) is 3.13. The maximum absolute atomic E-state index is 12.8. The number of rotatable bonds is 8. The zero-order valence-corrected chi connectivity index (χ0v) is 17.4. The van der Waals surface area contributed by atoms with Crippen molar-refractivity contribution in [2.24, 2.45) is 0 Å². The highest BCUT2D eigenvalue weighted by Crippen LogP contribution is 2.38. The number of aromatic nitrogens is 2. The molecule has 2 fully saturated rings. The molecule has 1 N–H and O–H groups in total. The first-order valence-corrected chi connectivity index (χ1v) is 10.4. The van der Waals surface area contributed by atoms with Gasteiger partial charge in [0.1, 0.15) is 11.5 Å². The van der Waals surface area contributed by atoms with Crippen molar-refractivity contribution in [2.45, 2.75) is 44.1 Å². The second kappa shape index (κ2) is 9.34. The number of anilines is 1. The Morgan fingerprint density at radius 3 is 2.90 bits per heavy atom. The number of hydrogen-bond acceptors (Lipinski definition) is 7. The second-order valence-corrected chi connectivity index (χ2v) is 7.65. The fraction of sp³-hybridized carbons (Fsp3) is 0.571. The summed E-state index contributed by atoms with van der Waals surface area (Å²) in [6.07, 6.45) is 4.69. The standard InChI is InChI=1S/C21H28N4O5/c1-27-15-7-8-18(28-2)17(12-15)22-21(26)25-10-3-4-16(13-25)29-11-9-19-23-20(30-24-19)14-5-6-14/h7-8,12,14,16H,3-6,9-11,13H2,1-2H3,(H,22,26). The largest absolute Gasteiger partial charge is 0.497 e. The van der Waals surface area contributed by atoms with Crippen molar-refractivity contribution in [3.05, 3.63) is 29.9 Å². The number of methoxy groups -OCH3 is 2. The van der Waals surface area contributed by atoms with Crippen LogP contribution in [0.4, 0.5) is 10.5 Å². The summed E-state index contributed by atoms with van der Waals surface area (Å²) in [5.41, 5.74) is 0.577. The smallest absolute Gasteiger partial charge is 0.322 e. The average molecular weight is 416 g/mol. The van der Waals surface area contributed by atoms with Crippen LogP contribution >= 0.6 is 0 Å². The molecule has 1 saturated heterocycles. The number of nitrogens with zero attached hydrogens (tertiary/aromatic N) is 3. The van der Waals surface area contributed by atoms with Crippen LogP contribution in [0.25, 0.3) is 0 Å². The Morgan fingerprint density at radius 2 is 2.13 bits per heavy atom. The van der Waals surface area contributed by atoms with Gasteiger partial charge in [-0.15, -0.1) is 0 Å². The molecule has 9 heteroatoms. The average Bonchev–Trinajstić information content (AvgIpc) is 3.52. The number of nitrogens with one attached hydrogen (secondary N) is 1. The Labute approximate surface area is 175 Å². The summed E-state index contributed by atoms with van der Waals surface area (Å²) in [4.78, 5) is 19.0. The molecule has 0 spiro atoms. The van der Waals surface area contributed by atoms with E-state index in [2.05, 4.69) is 15.5 Å². The van der Waals surface area contributed by atoms with Crippen molar-refractivity contribution in [2.75, 3.05) is 39.2 Å². The van der Waals surface area contributed by atoms with E-state index in [9.17, 15) is 4.79 Å². The Bertz CT molecular complexity index is 867. The van der Waals surface area contributed by atoms with Crippen LogP contribution in [0.1, 0.15) is 43.3 Å². The molecule has 30 heavy (non-hydrogen) atoms. The molecule has 1 saturated carbocycles. The molecule has 2 aromatic rings. The molecule has 2 aliphatic rings. The third-order valence-corrected chi connectivity index (χ3v) is 5.40. The number of carbonyl (C=O) groups is 1. The number of ether oxygens (including phenoxy) is 3. The van der Waals surface area contributed by atoms with E-state index < -0.39 is 0 Å². The fourth-order valence-corrected chi connectivity index (χ4v) is 3.55. The number of hydrogen-bond donors (Lipinski definition) is 1. The predicted octanol–water partition coefficient (Wildman–Crippen LogP) is 3.22. The molecule has 1 aromatic carbocycles. The van der Waals surface area contributed by atoms with Gasteiger partial charge >= 0.3 is 6.03 Å². The van der Waals surface area contributed by atoms with Crippen molar-refractivity contribution < 1.29 is 23.5 Å². The molecule has 1 aromatic heterocycles. The zero-order valence-electron chi connectivity index (χ0n) is 17.4. The molecule has 162 valence electrons. The van der Waals surface area contributed by atoms with E-state index in [1.807, 2.05) is 0 Å². The predicted molar refractivity (Wildman–Crippen MR) is 109 cm³/mol. The number of benzene rings is 1. The van der Waals surface area contributed by atoms with Gasteiger partial charge in [0, 0.05) is 31.5 Å². The topological polar surface area (TPSA) is 99.0 Å². The fourth-order valence-electron chi connectivity index (χ4n) is 3.55. The molecule has 1 atom stereocenters. The normalized spacial score (nSPS) is 18.9. The van der Waals surface area contributed by atoms with Gasteiger partial charge in [-0.1, -0.05) is 5.16 Å². The molecule has 2 amide bonds. The Morgan fingerprint density at radius 1 is 1.27 bits per heavy atom. The highest BCUT2D eigenvalue weighted by Gasteiger charge is 2.29. The number of carbonyl (C=O) groups excluding carboxylic acids is 1. The van der Waals surface area contributed by atoms with Gasteiger partial charge in [-0.2, -0.15) is 4.98 Å². The minimum atomic E-state index is -0.179. The molecular formula is C21H28N4O5. The Kier molecular flexibility index (Phi) is 6.37. The van der Waals surface area contributed by atoms with Crippen molar-refractivity contribution in [1.29, 1.82) is 0 Å². The highest BCUT2D eigenvalue weighted by atomic mass is 16.5. The monoisotopic (exact) mass is 416 g/mol. The zero-order chi connectivity index (χ0) is 20.9. The van der Waals surface area contributed by atoms with Crippen molar-refractivity contribution in [1.82, 2.24) is 15.0 Å². The SMILES string of the molecule is COc1ccc(OC)c(NC(=O)N2CCCC(OCCc3noc(C4CC4)n3)C2)c1. The van der Waals surface area contributed by atoms with Crippen LogP contribution in [0, 0.1) is 0 Å². The molecule has 1 unspecified atom stereocenters. The van der Waals surface area contributed by atoms with E-state index in [1.165, 1.54) is 0 Å². The van der Waals surface area contributed by atoms with Gasteiger partial charge in [0.15, 0.2) is 5.82 Å². The van der Waals surface area contributed by atoms with Gasteiger partial charge in [0.05, 0.1) is 32.6 Å². The van der Waals surface area contributed by atoms with Crippen molar-refractivity contribution in [3.63, 3.8) is 0 Å². The van der Waals surface area contributed by atoms with Crippen molar-refractivity contribution in [3.8, 4) is 11.5 Å². The molecule has 0 bridgehead atoms. The first-order chi connectivity index (χ1) is 14.7. The van der Waals surface area contributed by atoms with Crippen LogP contribution in [0.5, 0.6) is 11.5 Å². The highest BCUT2D eigenvalue weighted by molar-refractivity contribution is 5.91. The van der Waals surface area contributed by atoms with E-state index in [1.54, 1.807) is 37.3 Å². The number of piperidine rings is 1. The summed E-state index contributed by atoms with van der Waals surface area (Å²) in [5, 5.41) is 6.94. The van der Waals surface area contributed by atoms with Crippen LogP contribution < -0.4 is 14.8 Å². The maximum Gasteiger partial charge on any atom is 0.322 e. The van der Waals surface area contributed by atoms with E-state index in [4.69, 9.17) is 18.7 Å². The number of urea groups is 1. The van der Waals surface area contributed by atoms with Crippen LogP contribution in [-0.4, -0.2) is 61.1 Å². The maximum atomic E-state index is 12.8. The molecule has 4 rings (SSSR count).